The standard InChI is InChI=1S/C12H13FNO/c1-12(2)7-8-14(12)11(15)9-5-3-4-6-10(9)13/h3-5H,7-8H2,1-2H3. The molecule has 0 unspecified atom stereocenters. The molecule has 0 aliphatic carbocycles. The Balaban J connectivity index is 2.26. The predicted octanol–water partition coefficient (Wildman–Crippen LogP) is 2.25. The van der Waals surface area contributed by atoms with Crippen molar-refractivity contribution in [3.63, 3.8) is 0 Å². The summed E-state index contributed by atoms with van der Waals surface area (Å²) in [5.41, 5.74) is -0.0235. The van der Waals surface area contributed by atoms with Gasteiger partial charge in [-0.05, 0) is 26.3 Å². The quantitative estimate of drug-likeness (QED) is 0.690. The normalized spacial score (nSPS) is 18.5. The van der Waals surface area contributed by atoms with Crippen molar-refractivity contribution in [2.24, 2.45) is 0 Å². The van der Waals surface area contributed by atoms with E-state index in [1.165, 1.54) is 12.1 Å². The van der Waals surface area contributed by atoms with Gasteiger partial charge in [-0.2, -0.15) is 0 Å². The molecule has 2 rings (SSSR count). The van der Waals surface area contributed by atoms with E-state index in [0.29, 0.717) is 6.54 Å². The molecule has 0 bridgehead atoms. The van der Waals surface area contributed by atoms with Crippen molar-refractivity contribution in [2.75, 3.05) is 6.54 Å². The van der Waals surface area contributed by atoms with Crippen LogP contribution in [0.3, 0.4) is 0 Å². The molecule has 1 fully saturated rings. The maximum Gasteiger partial charge on any atom is 0.257 e. The van der Waals surface area contributed by atoms with Crippen LogP contribution in [0.4, 0.5) is 4.39 Å². The number of likely N-dealkylation sites (tertiary alicyclic amines) is 1. The second-order valence-electron chi connectivity index (χ2n) is 4.42. The summed E-state index contributed by atoms with van der Waals surface area (Å²) in [4.78, 5) is 13.6. The third-order valence-corrected chi connectivity index (χ3v) is 2.96. The molecule has 1 radical (unpaired) electrons. The molecule has 2 nitrogen and oxygen atoms in total. The van der Waals surface area contributed by atoms with Crippen molar-refractivity contribution in [1.29, 1.82) is 0 Å². The lowest BCUT2D eigenvalue weighted by Gasteiger charge is -2.48. The molecular weight excluding hydrogens is 193 g/mol. The number of carbonyl (C=O) groups is 1. The van der Waals surface area contributed by atoms with Crippen molar-refractivity contribution in [3.8, 4) is 0 Å². The molecule has 0 aromatic heterocycles. The largest absolute Gasteiger partial charge is 0.333 e. The van der Waals surface area contributed by atoms with Crippen LogP contribution < -0.4 is 0 Å². The van der Waals surface area contributed by atoms with Gasteiger partial charge in [0.15, 0.2) is 0 Å². The second-order valence-corrected chi connectivity index (χ2v) is 4.42. The van der Waals surface area contributed by atoms with Crippen LogP contribution in [-0.4, -0.2) is 22.9 Å². The van der Waals surface area contributed by atoms with Crippen LogP contribution in [0, 0.1) is 11.9 Å². The summed E-state index contributed by atoms with van der Waals surface area (Å²) in [6.45, 7) is 4.68. The van der Waals surface area contributed by atoms with Gasteiger partial charge in [0.1, 0.15) is 5.82 Å². The van der Waals surface area contributed by atoms with E-state index in [4.69, 9.17) is 0 Å². The third kappa shape index (κ3) is 1.62. The van der Waals surface area contributed by atoms with E-state index in [1.807, 2.05) is 13.8 Å². The van der Waals surface area contributed by atoms with Gasteiger partial charge in [-0.3, -0.25) is 4.79 Å². The molecule has 1 aliphatic heterocycles. The van der Waals surface area contributed by atoms with Gasteiger partial charge in [0, 0.05) is 18.2 Å². The van der Waals surface area contributed by atoms with Gasteiger partial charge in [-0.25, -0.2) is 4.39 Å². The van der Waals surface area contributed by atoms with Crippen molar-refractivity contribution < 1.29 is 9.18 Å². The molecule has 0 N–H and O–H groups in total. The minimum absolute atomic E-state index is 0.116. The van der Waals surface area contributed by atoms with Crippen LogP contribution in [0.25, 0.3) is 0 Å². The lowest BCUT2D eigenvalue weighted by atomic mass is 9.88. The summed E-state index contributed by atoms with van der Waals surface area (Å²) in [5.74, 6) is -0.800. The minimum atomic E-state index is -0.565. The molecular formula is C12H13FNO. The Hall–Kier alpha value is -1.38. The summed E-state index contributed by atoms with van der Waals surface area (Å²) >= 11 is 0. The predicted molar refractivity (Wildman–Crippen MR) is 55.0 cm³/mol. The zero-order valence-corrected chi connectivity index (χ0v) is 8.88. The molecule has 1 amide bonds. The fourth-order valence-corrected chi connectivity index (χ4v) is 1.77. The Bertz CT molecular complexity index is 400. The van der Waals surface area contributed by atoms with Crippen molar-refractivity contribution in [1.82, 2.24) is 4.90 Å². The fourth-order valence-electron chi connectivity index (χ4n) is 1.77. The molecule has 0 spiro atoms. The van der Waals surface area contributed by atoms with Crippen LogP contribution >= 0.6 is 0 Å². The topological polar surface area (TPSA) is 20.3 Å². The lowest BCUT2D eigenvalue weighted by molar-refractivity contribution is 0.0153. The maximum absolute atomic E-state index is 13.3. The van der Waals surface area contributed by atoms with Gasteiger partial charge >= 0.3 is 0 Å². The molecule has 1 heterocycles. The molecule has 1 saturated heterocycles. The van der Waals surface area contributed by atoms with Gasteiger partial charge in [0.25, 0.3) is 5.91 Å². The smallest absolute Gasteiger partial charge is 0.257 e. The molecule has 1 aromatic carbocycles. The summed E-state index contributed by atoms with van der Waals surface area (Å²) < 4.78 is 13.3. The van der Waals surface area contributed by atoms with E-state index in [2.05, 4.69) is 6.07 Å². The number of nitrogens with zero attached hydrogens (tertiary/aromatic N) is 1. The van der Waals surface area contributed by atoms with Gasteiger partial charge in [0.2, 0.25) is 0 Å². The van der Waals surface area contributed by atoms with Gasteiger partial charge in [-0.1, -0.05) is 12.1 Å². The summed E-state index contributed by atoms with van der Waals surface area (Å²) in [6, 6.07) is 6.99. The first-order chi connectivity index (χ1) is 7.02. The Morgan fingerprint density at radius 1 is 1.60 bits per heavy atom. The SMILES string of the molecule is CC1(C)CCN1C(=O)c1ccc[c]c1F. The monoisotopic (exact) mass is 206 g/mol. The number of amides is 1. The number of halogens is 1. The Kier molecular flexibility index (Phi) is 2.25. The highest BCUT2D eigenvalue weighted by Gasteiger charge is 2.40. The highest BCUT2D eigenvalue weighted by atomic mass is 19.1. The van der Waals surface area contributed by atoms with Crippen molar-refractivity contribution >= 4 is 5.91 Å². The van der Waals surface area contributed by atoms with Crippen LogP contribution in [0.1, 0.15) is 30.6 Å². The van der Waals surface area contributed by atoms with Crippen molar-refractivity contribution in [3.05, 3.63) is 35.6 Å². The van der Waals surface area contributed by atoms with E-state index in [0.717, 1.165) is 6.42 Å². The Morgan fingerprint density at radius 3 is 2.80 bits per heavy atom. The van der Waals surface area contributed by atoms with E-state index in [9.17, 15) is 9.18 Å². The highest BCUT2D eigenvalue weighted by molar-refractivity contribution is 5.95. The summed E-state index contributed by atoms with van der Waals surface area (Å²) in [6.07, 6.45) is 0.969. The average molecular weight is 206 g/mol. The molecule has 0 atom stereocenters. The molecule has 79 valence electrons. The van der Waals surface area contributed by atoms with Crippen LogP contribution in [0.15, 0.2) is 18.2 Å². The number of carbonyl (C=O) groups excluding carboxylic acids is 1. The molecule has 1 aliphatic rings. The number of rotatable bonds is 1. The maximum atomic E-state index is 13.3. The third-order valence-electron chi connectivity index (χ3n) is 2.96. The summed E-state index contributed by atoms with van der Waals surface area (Å²) in [5, 5.41) is 0. The van der Waals surface area contributed by atoms with E-state index in [-0.39, 0.29) is 17.0 Å². The average Bonchev–Trinajstić information content (AvgIpc) is 2.17. The minimum Gasteiger partial charge on any atom is -0.333 e. The molecule has 3 heteroatoms. The van der Waals surface area contributed by atoms with E-state index in [1.54, 1.807) is 11.0 Å². The molecule has 1 aromatic rings. The first-order valence-electron chi connectivity index (χ1n) is 5.00. The second kappa shape index (κ2) is 3.33. The van der Waals surface area contributed by atoms with Crippen LogP contribution in [0.2, 0.25) is 0 Å². The van der Waals surface area contributed by atoms with Crippen LogP contribution in [0.5, 0.6) is 0 Å². The number of benzene rings is 1. The highest BCUT2D eigenvalue weighted by Crippen LogP contribution is 2.31. The van der Waals surface area contributed by atoms with Crippen molar-refractivity contribution in [2.45, 2.75) is 25.8 Å². The lowest BCUT2D eigenvalue weighted by Crippen LogP contribution is -2.58. The summed E-state index contributed by atoms with van der Waals surface area (Å²) in [7, 11) is 0. The molecule has 15 heavy (non-hydrogen) atoms. The number of hydrogen-bond donors (Lipinski definition) is 0. The van der Waals surface area contributed by atoms with Gasteiger partial charge in [0.05, 0.1) is 5.56 Å². The number of hydrogen-bond acceptors (Lipinski definition) is 1. The Labute approximate surface area is 88.7 Å². The molecule has 0 saturated carbocycles. The fraction of sp³-hybridized carbons (Fsp3) is 0.417. The van der Waals surface area contributed by atoms with Gasteiger partial charge < -0.3 is 4.90 Å². The van der Waals surface area contributed by atoms with Gasteiger partial charge in [-0.15, -0.1) is 0 Å². The zero-order chi connectivity index (χ0) is 11.1. The van der Waals surface area contributed by atoms with Crippen LogP contribution in [-0.2, 0) is 0 Å². The zero-order valence-electron chi connectivity index (χ0n) is 8.88. The first kappa shape index (κ1) is 10.1. The first-order valence-corrected chi connectivity index (χ1v) is 5.00. The Morgan fingerprint density at radius 2 is 2.33 bits per heavy atom. The van der Waals surface area contributed by atoms with E-state index >= 15 is 0 Å². The van der Waals surface area contributed by atoms with E-state index < -0.39 is 5.82 Å².